The Morgan fingerprint density at radius 1 is 1.14 bits per heavy atom. The van der Waals surface area contributed by atoms with Crippen molar-refractivity contribution in [3.05, 3.63) is 35.9 Å². The molecule has 0 aliphatic carbocycles. The van der Waals surface area contributed by atoms with Crippen LogP contribution in [-0.4, -0.2) is 36.5 Å². The third-order valence-corrected chi connectivity index (χ3v) is 5.23. The lowest BCUT2D eigenvalue weighted by atomic mass is 9.90. The Morgan fingerprint density at radius 2 is 1.91 bits per heavy atom. The summed E-state index contributed by atoms with van der Waals surface area (Å²) in [6, 6.07) is 11.2. The Bertz CT molecular complexity index is 460. The molecule has 2 fully saturated rings. The zero-order valence-corrected chi connectivity index (χ0v) is 13.5. The SMILES string of the molecule is O=C(CC1CCCN1)N1CCC(CCc2ccccc2)CC1. The first-order chi connectivity index (χ1) is 10.8. The number of rotatable bonds is 5. The molecule has 1 atom stereocenters. The molecular weight excluding hydrogens is 272 g/mol. The van der Waals surface area contributed by atoms with Crippen LogP contribution in [0, 0.1) is 5.92 Å². The molecule has 3 rings (SSSR count). The molecule has 2 aliphatic rings. The molecule has 2 saturated heterocycles. The Labute approximate surface area is 134 Å². The van der Waals surface area contributed by atoms with Gasteiger partial charge in [0.05, 0.1) is 0 Å². The number of nitrogens with one attached hydrogen (secondary N) is 1. The Hall–Kier alpha value is -1.35. The Kier molecular flexibility index (Phi) is 5.49. The maximum atomic E-state index is 12.3. The van der Waals surface area contributed by atoms with Gasteiger partial charge in [0.15, 0.2) is 0 Å². The first-order valence-corrected chi connectivity index (χ1v) is 8.86. The van der Waals surface area contributed by atoms with Gasteiger partial charge in [-0.05, 0) is 56.6 Å². The summed E-state index contributed by atoms with van der Waals surface area (Å²) in [6.07, 6.45) is 7.88. The predicted molar refractivity (Wildman–Crippen MR) is 89.7 cm³/mol. The third kappa shape index (κ3) is 4.33. The van der Waals surface area contributed by atoms with E-state index in [1.807, 2.05) is 0 Å². The molecule has 0 saturated carbocycles. The second-order valence-electron chi connectivity index (χ2n) is 6.85. The highest BCUT2D eigenvalue weighted by Crippen LogP contribution is 2.23. The van der Waals surface area contributed by atoms with E-state index in [1.54, 1.807) is 0 Å². The van der Waals surface area contributed by atoms with Crippen LogP contribution in [0.3, 0.4) is 0 Å². The van der Waals surface area contributed by atoms with Gasteiger partial charge < -0.3 is 10.2 Å². The van der Waals surface area contributed by atoms with Crippen LogP contribution < -0.4 is 5.32 Å². The molecule has 3 nitrogen and oxygen atoms in total. The minimum absolute atomic E-state index is 0.362. The topological polar surface area (TPSA) is 32.3 Å². The summed E-state index contributed by atoms with van der Waals surface area (Å²) in [5.74, 6) is 1.15. The number of piperidine rings is 1. The molecule has 1 aromatic rings. The second-order valence-corrected chi connectivity index (χ2v) is 6.85. The number of likely N-dealkylation sites (tertiary alicyclic amines) is 1. The zero-order chi connectivity index (χ0) is 15.2. The highest BCUT2D eigenvalue weighted by molar-refractivity contribution is 5.77. The van der Waals surface area contributed by atoms with Gasteiger partial charge in [-0.15, -0.1) is 0 Å². The molecule has 1 amide bonds. The zero-order valence-electron chi connectivity index (χ0n) is 13.5. The van der Waals surface area contributed by atoms with Crippen molar-refractivity contribution in [2.45, 2.75) is 51.0 Å². The van der Waals surface area contributed by atoms with Gasteiger partial charge in [-0.25, -0.2) is 0 Å². The van der Waals surface area contributed by atoms with Gasteiger partial charge >= 0.3 is 0 Å². The fourth-order valence-corrected chi connectivity index (χ4v) is 3.76. The first kappa shape index (κ1) is 15.5. The average molecular weight is 300 g/mol. The molecular formula is C19H28N2O. The lowest BCUT2D eigenvalue weighted by Gasteiger charge is -2.32. The summed E-state index contributed by atoms with van der Waals surface area (Å²) in [5.41, 5.74) is 1.44. The summed E-state index contributed by atoms with van der Waals surface area (Å²) in [6.45, 7) is 3.01. The second kappa shape index (κ2) is 7.77. The lowest BCUT2D eigenvalue weighted by molar-refractivity contribution is -0.133. The number of benzene rings is 1. The maximum absolute atomic E-state index is 12.3. The van der Waals surface area contributed by atoms with E-state index in [0.29, 0.717) is 18.4 Å². The highest BCUT2D eigenvalue weighted by Gasteiger charge is 2.25. The van der Waals surface area contributed by atoms with Crippen LogP contribution in [0.1, 0.15) is 44.1 Å². The van der Waals surface area contributed by atoms with E-state index in [4.69, 9.17) is 0 Å². The molecule has 1 N–H and O–H groups in total. The van der Waals surface area contributed by atoms with Crippen LogP contribution in [0.5, 0.6) is 0 Å². The molecule has 1 unspecified atom stereocenters. The molecule has 120 valence electrons. The minimum atomic E-state index is 0.362. The molecule has 1 aromatic carbocycles. The van der Waals surface area contributed by atoms with E-state index in [1.165, 1.54) is 44.1 Å². The van der Waals surface area contributed by atoms with Crippen LogP contribution in [0.25, 0.3) is 0 Å². The van der Waals surface area contributed by atoms with Crippen molar-refractivity contribution >= 4 is 5.91 Å². The Balaban J connectivity index is 1.37. The molecule has 0 aromatic heterocycles. The van der Waals surface area contributed by atoms with Gasteiger partial charge in [0.2, 0.25) is 5.91 Å². The summed E-state index contributed by atoms with van der Waals surface area (Å²) >= 11 is 0. The van der Waals surface area contributed by atoms with Gasteiger partial charge in [-0.1, -0.05) is 30.3 Å². The van der Waals surface area contributed by atoms with Gasteiger partial charge in [-0.3, -0.25) is 4.79 Å². The average Bonchev–Trinajstić information content (AvgIpc) is 3.07. The summed E-state index contributed by atoms with van der Waals surface area (Å²) in [5, 5.41) is 3.43. The normalized spacial score (nSPS) is 22.9. The van der Waals surface area contributed by atoms with Crippen LogP contribution in [0.2, 0.25) is 0 Å². The van der Waals surface area contributed by atoms with Crippen LogP contribution in [0.15, 0.2) is 30.3 Å². The highest BCUT2D eigenvalue weighted by atomic mass is 16.2. The van der Waals surface area contributed by atoms with Gasteiger partial charge in [0.1, 0.15) is 0 Å². The number of carbonyl (C=O) groups is 1. The summed E-state index contributed by atoms with van der Waals surface area (Å²) in [4.78, 5) is 14.4. The van der Waals surface area contributed by atoms with E-state index in [0.717, 1.165) is 25.6 Å². The molecule has 0 bridgehead atoms. The molecule has 2 aliphatic heterocycles. The fourth-order valence-electron chi connectivity index (χ4n) is 3.76. The number of hydrogen-bond acceptors (Lipinski definition) is 2. The largest absolute Gasteiger partial charge is 0.343 e. The van der Waals surface area contributed by atoms with Crippen molar-refractivity contribution < 1.29 is 4.79 Å². The number of amides is 1. The van der Waals surface area contributed by atoms with Gasteiger partial charge in [0.25, 0.3) is 0 Å². The Morgan fingerprint density at radius 3 is 2.59 bits per heavy atom. The number of nitrogens with zero attached hydrogens (tertiary/aromatic N) is 1. The van der Waals surface area contributed by atoms with Gasteiger partial charge in [0, 0.05) is 25.6 Å². The van der Waals surface area contributed by atoms with Crippen LogP contribution in [0.4, 0.5) is 0 Å². The first-order valence-electron chi connectivity index (χ1n) is 8.86. The van der Waals surface area contributed by atoms with Crippen molar-refractivity contribution in [2.24, 2.45) is 5.92 Å². The maximum Gasteiger partial charge on any atom is 0.224 e. The van der Waals surface area contributed by atoms with Crippen molar-refractivity contribution in [1.29, 1.82) is 0 Å². The molecule has 3 heteroatoms. The number of carbonyl (C=O) groups excluding carboxylic acids is 1. The fraction of sp³-hybridized carbons (Fsp3) is 0.632. The third-order valence-electron chi connectivity index (χ3n) is 5.23. The predicted octanol–water partition coefficient (Wildman–Crippen LogP) is 3.00. The molecule has 22 heavy (non-hydrogen) atoms. The van der Waals surface area contributed by atoms with E-state index < -0.39 is 0 Å². The van der Waals surface area contributed by atoms with Crippen molar-refractivity contribution in [3.63, 3.8) is 0 Å². The van der Waals surface area contributed by atoms with Crippen molar-refractivity contribution in [1.82, 2.24) is 10.2 Å². The van der Waals surface area contributed by atoms with Gasteiger partial charge in [-0.2, -0.15) is 0 Å². The standard InChI is InChI=1S/C19H28N2O/c22-19(15-18-7-4-12-20-18)21-13-10-17(11-14-21)9-8-16-5-2-1-3-6-16/h1-3,5-6,17-18,20H,4,7-15H2. The van der Waals surface area contributed by atoms with E-state index in [2.05, 4.69) is 40.5 Å². The number of aryl methyl sites for hydroxylation is 1. The van der Waals surface area contributed by atoms with E-state index >= 15 is 0 Å². The van der Waals surface area contributed by atoms with Crippen LogP contribution in [-0.2, 0) is 11.2 Å². The number of hydrogen-bond donors (Lipinski definition) is 1. The lowest BCUT2D eigenvalue weighted by Crippen LogP contribution is -2.41. The van der Waals surface area contributed by atoms with E-state index in [-0.39, 0.29) is 0 Å². The minimum Gasteiger partial charge on any atom is -0.343 e. The van der Waals surface area contributed by atoms with E-state index in [9.17, 15) is 4.79 Å². The molecule has 0 spiro atoms. The quantitative estimate of drug-likeness (QED) is 0.906. The van der Waals surface area contributed by atoms with Crippen molar-refractivity contribution in [3.8, 4) is 0 Å². The van der Waals surface area contributed by atoms with Crippen LogP contribution >= 0.6 is 0 Å². The smallest absolute Gasteiger partial charge is 0.224 e. The van der Waals surface area contributed by atoms with Crippen molar-refractivity contribution in [2.75, 3.05) is 19.6 Å². The monoisotopic (exact) mass is 300 g/mol. The summed E-state index contributed by atoms with van der Waals surface area (Å²) in [7, 11) is 0. The molecule has 2 heterocycles. The summed E-state index contributed by atoms with van der Waals surface area (Å²) < 4.78 is 0. The molecule has 0 radical (unpaired) electrons.